The lowest BCUT2D eigenvalue weighted by atomic mass is 10.2. The number of aromatic amines is 1. The molecule has 2 N–H and O–H groups in total. The van der Waals surface area contributed by atoms with Gasteiger partial charge >= 0.3 is 0 Å². The molecule has 0 atom stereocenters. The van der Waals surface area contributed by atoms with Crippen molar-refractivity contribution in [3.8, 4) is 0 Å². The Morgan fingerprint density at radius 3 is 2.80 bits per heavy atom. The summed E-state index contributed by atoms with van der Waals surface area (Å²) >= 11 is 0. The van der Waals surface area contributed by atoms with Crippen molar-refractivity contribution in [1.29, 1.82) is 0 Å². The molecule has 1 aliphatic heterocycles. The number of aryl methyl sites for hydroxylation is 1. The van der Waals surface area contributed by atoms with E-state index in [0.717, 1.165) is 17.5 Å². The largest absolute Gasteiger partial charge is 0.370 e. The zero-order valence-electron chi connectivity index (χ0n) is 11.0. The second-order valence-electron chi connectivity index (χ2n) is 4.59. The fourth-order valence-corrected chi connectivity index (χ4v) is 2.44. The Kier molecular flexibility index (Phi) is 2.94. The van der Waals surface area contributed by atoms with Gasteiger partial charge in [-0.25, -0.2) is 18.4 Å². The molecule has 8 nitrogen and oxygen atoms in total. The minimum absolute atomic E-state index is 0.208. The molecular weight excluding hydrogens is 282 g/mol. The van der Waals surface area contributed by atoms with Crippen molar-refractivity contribution in [2.75, 3.05) is 11.6 Å². The van der Waals surface area contributed by atoms with Crippen LogP contribution in [0.5, 0.6) is 0 Å². The van der Waals surface area contributed by atoms with Crippen molar-refractivity contribution in [2.45, 2.75) is 25.3 Å². The summed E-state index contributed by atoms with van der Waals surface area (Å²) in [6.45, 7) is 2.49. The molecule has 0 aliphatic carbocycles. The van der Waals surface area contributed by atoms with E-state index in [9.17, 15) is 8.42 Å². The van der Waals surface area contributed by atoms with Crippen molar-refractivity contribution in [2.24, 2.45) is 0 Å². The zero-order valence-corrected chi connectivity index (χ0v) is 11.8. The first-order chi connectivity index (χ1) is 9.43. The Labute approximate surface area is 115 Å². The minimum atomic E-state index is -3.48. The average Bonchev–Trinajstić information content (AvgIpc) is 2.96. The first kappa shape index (κ1) is 13.0. The molecule has 3 heterocycles. The molecule has 0 unspecified atom stereocenters. The number of hydrogen-bond donors (Lipinski definition) is 2. The molecule has 0 fully saturated rings. The molecule has 1 aliphatic rings. The summed E-state index contributed by atoms with van der Waals surface area (Å²) in [6, 6.07) is 1.80. The van der Waals surface area contributed by atoms with Crippen molar-refractivity contribution < 1.29 is 13.2 Å². The van der Waals surface area contributed by atoms with Gasteiger partial charge in [-0.2, -0.15) is 5.10 Å². The van der Waals surface area contributed by atoms with Gasteiger partial charge < -0.3 is 10.1 Å². The molecule has 2 aromatic rings. The van der Waals surface area contributed by atoms with E-state index in [-0.39, 0.29) is 11.8 Å². The lowest BCUT2D eigenvalue weighted by molar-refractivity contribution is 0.133. The normalized spacial score (nSPS) is 14.3. The van der Waals surface area contributed by atoms with Gasteiger partial charge in [0, 0.05) is 17.9 Å². The van der Waals surface area contributed by atoms with Crippen LogP contribution in [-0.2, 0) is 27.8 Å². The first-order valence-corrected chi connectivity index (χ1v) is 7.79. The third kappa shape index (κ3) is 2.37. The van der Waals surface area contributed by atoms with Gasteiger partial charge in [0.2, 0.25) is 15.0 Å². The summed E-state index contributed by atoms with van der Waals surface area (Å²) in [5, 5.41) is 9.60. The fraction of sp³-hybridized carbons (Fsp3) is 0.364. The summed E-state index contributed by atoms with van der Waals surface area (Å²) in [7, 11) is -3.48. The van der Waals surface area contributed by atoms with Crippen LogP contribution in [-0.4, -0.2) is 34.8 Å². The van der Waals surface area contributed by atoms with Crippen LogP contribution in [0.1, 0.15) is 17.0 Å². The number of sulfone groups is 1. The fourth-order valence-electron chi connectivity index (χ4n) is 1.91. The van der Waals surface area contributed by atoms with Crippen LogP contribution in [0.4, 0.5) is 11.6 Å². The van der Waals surface area contributed by atoms with Crippen molar-refractivity contribution in [3.05, 3.63) is 23.0 Å². The third-order valence-corrected chi connectivity index (χ3v) is 3.69. The highest BCUT2D eigenvalue weighted by Crippen LogP contribution is 2.27. The van der Waals surface area contributed by atoms with Gasteiger partial charge in [-0.1, -0.05) is 0 Å². The minimum Gasteiger partial charge on any atom is -0.370 e. The monoisotopic (exact) mass is 295 g/mol. The predicted octanol–water partition coefficient (Wildman–Crippen LogP) is 0.685. The molecule has 0 spiro atoms. The van der Waals surface area contributed by atoms with Crippen LogP contribution in [0.3, 0.4) is 0 Å². The van der Waals surface area contributed by atoms with E-state index in [1.54, 1.807) is 6.07 Å². The Bertz CT molecular complexity index is 768. The smallest absolute Gasteiger partial charge is 0.249 e. The van der Waals surface area contributed by atoms with E-state index in [1.165, 1.54) is 0 Å². The van der Waals surface area contributed by atoms with Gasteiger partial charge in [-0.15, -0.1) is 0 Å². The molecule has 106 valence electrons. The summed E-state index contributed by atoms with van der Waals surface area (Å²) in [6.07, 6.45) is 1.08. The van der Waals surface area contributed by atoms with Crippen molar-refractivity contribution in [1.82, 2.24) is 20.2 Å². The standard InChI is InChI=1S/C11H13N5O3S/c1-6-3-9(16-15-6)13-10-7-4-19-5-8(7)12-11(14-10)20(2,17)18/h3H,4-5H2,1-2H3,(H2,12,13,14,15,16). The summed E-state index contributed by atoms with van der Waals surface area (Å²) in [5.74, 6) is 1.06. The number of nitrogens with zero attached hydrogens (tertiary/aromatic N) is 3. The number of hydrogen-bond acceptors (Lipinski definition) is 7. The van der Waals surface area contributed by atoms with Crippen molar-refractivity contribution in [3.63, 3.8) is 0 Å². The summed E-state index contributed by atoms with van der Waals surface area (Å²) < 4.78 is 28.6. The molecule has 0 radical (unpaired) electrons. The zero-order chi connectivity index (χ0) is 14.3. The van der Waals surface area contributed by atoms with Crippen LogP contribution < -0.4 is 5.32 Å². The van der Waals surface area contributed by atoms with Crippen LogP contribution >= 0.6 is 0 Å². The SMILES string of the molecule is Cc1cc(Nc2nc(S(C)(=O)=O)nc3c2COC3)[nH]n1. The number of aromatic nitrogens is 4. The van der Waals surface area contributed by atoms with Gasteiger partial charge in [0.05, 0.1) is 24.6 Å². The number of nitrogens with one attached hydrogen (secondary N) is 2. The van der Waals surface area contributed by atoms with Crippen LogP contribution in [0, 0.1) is 6.92 Å². The Balaban J connectivity index is 2.07. The highest BCUT2D eigenvalue weighted by atomic mass is 32.2. The summed E-state index contributed by atoms with van der Waals surface area (Å²) in [5.41, 5.74) is 2.18. The van der Waals surface area contributed by atoms with Gasteiger partial charge in [0.15, 0.2) is 0 Å². The highest BCUT2D eigenvalue weighted by molar-refractivity contribution is 7.90. The predicted molar refractivity (Wildman–Crippen MR) is 70.2 cm³/mol. The average molecular weight is 295 g/mol. The maximum Gasteiger partial charge on any atom is 0.249 e. The van der Waals surface area contributed by atoms with Crippen LogP contribution in [0.2, 0.25) is 0 Å². The maximum atomic E-state index is 11.6. The summed E-state index contributed by atoms with van der Waals surface area (Å²) in [4.78, 5) is 8.12. The van der Waals surface area contributed by atoms with Gasteiger partial charge in [0.25, 0.3) is 0 Å². The Morgan fingerprint density at radius 1 is 1.35 bits per heavy atom. The van der Waals surface area contributed by atoms with E-state index in [0.29, 0.717) is 23.9 Å². The van der Waals surface area contributed by atoms with E-state index >= 15 is 0 Å². The molecule has 9 heteroatoms. The highest BCUT2D eigenvalue weighted by Gasteiger charge is 2.23. The lowest BCUT2D eigenvalue weighted by Gasteiger charge is -2.08. The molecule has 0 saturated heterocycles. The van der Waals surface area contributed by atoms with Crippen LogP contribution in [0.25, 0.3) is 0 Å². The number of fused-ring (bicyclic) bond motifs is 1. The second-order valence-corrected chi connectivity index (χ2v) is 6.50. The molecule has 0 amide bonds. The molecule has 2 aromatic heterocycles. The first-order valence-electron chi connectivity index (χ1n) is 5.90. The van der Waals surface area contributed by atoms with Gasteiger partial charge in [-0.3, -0.25) is 5.10 Å². The molecular formula is C11H13N5O3S. The third-order valence-electron chi connectivity index (χ3n) is 2.85. The number of anilines is 2. The van der Waals surface area contributed by atoms with Gasteiger partial charge in [0.1, 0.15) is 11.6 Å². The van der Waals surface area contributed by atoms with Gasteiger partial charge in [-0.05, 0) is 6.92 Å². The van der Waals surface area contributed by atoms with E-state index in [4.69, 9.17) is 4.74 Å². The number of rotatable bonds is 3. The Morgan fingerprint density at radius 2 is 2.15 bits per heavy atom. The van der Waals surface area contributed by atoms with E-state index in [2.05, 4.69) is 25.5 Å². The lowest BCUT2D eigenvalue weighted by Crippen LogP contribution is -2.10. The van der Waals surface area contributed by atoms with Crippen molar-refractivity contribution >= 4 is 21.5 Å². The number of H-pyrrole nitrogens is 1. The molecule has 0 aromatic carbocycles. The molecule has 0 saturated carbocycles. The van der Waals surface area contributed by atoms with Crippen LogP contribution in [0.15, 0.2) is 11.2 Å². The molecule has 3 rings (SSSR count). The maximum absolute atomic E-state index is 11.6. The topological polar surface area (TPSA) is 110 Å². The quantitative estimate of drug-likeness (QED) is 0.801. The Hall–Kier alpha value is -2.00. The van der Waals surface area contributed by atoms with E-state index in [1.807, 2.05) is 6.92 Å². The molecule has 0 bridgehead atoms. The second kappa shape index (κ2) is 4.53. The molecule has 20 heavy (non-hydrogen) atoms. The number of ether oxygens (including phenoxy) is 1. The van der Waals surface area contributed by atoms with E-state index < -0.39 is 9.84 Å².